The molecule has 1 atom stereocenters. The Morgan fingerprint density at radius 3 is 2.71 bits per heavy atom. The van der Waals surface area contributed by atoms with Crippen LogP contribution in [0.4, 0.5) is 9.18 Å². The number of urea groups is 1. The van der Waals surface area contributed by atoms with Crippen molar-refractivity contribution in [3.05, 3.63) is 35.3 Å². The van der Waals surface area contributed by atoms with Gasteiger partial charge < -0.3 is 15.6 Å². The molecule has 4 rings (SSSR count). The van der Waals surface area contributed by atoms with Crippen molar-refractivity contribution in [2.75, 3.05) is 0 Å². The van der Waals surface area contributed by atoms with Crippen LogP contribution in [0.1, 0.15) is 49.8 Å². The number of aromatic nitrogens is 1. The number of carbonyl (C=O) groups is 1. The zero-order chi connectivity index (χ0) is 16.5. The fourth-order valence-electron chi connectivity index (χ4n) is 4.18. The number of hydrogen-bond acceptors (Lipinski definition) is 1. The predicted molar refractivity (Wildman–Crippen MR) is 92.6 cm³/mol. The summed E-state index contributed by atoms with van der Waals surface area (Å²) in [5.41, 5.74) is 3.26. The number of halogens is 1. The maximum atomic E-state index is 13.4. The highest BCUT2D eigenvalue weighted by Crippen LogP contribution is 2.29. The number of aromatic amines is 1. The molecule has 1 heterocycles. The van der Waals surface area contributed by atoms with E-state index in [1.54, 1.807) is 6.07 Å². The second-order valence-corrected chi connectivity index (χ2v) is 7.16. The third-order valence-corrected chi connectivity index (χ3v) is 5.43. The van der Waals surface area contributed by atoms with Gasteiger partial charge >= 0.3 is 6.03 Å². The summed E-state index contributed by atoms with van der Waals surface area (Å²) in [5.74, 6) is -0.220. The summed E-state index contributed by atoms with van der Waals surface area (Å²) in [7, 11) is 0. The standard InChI is InChI=1S/C19H24FN3O/c20-12-6-8-15-16-11-14(7-9-17(16)23-18(15)10-12)22-19(24)21-13-4-2-1-3-5-13/h6,8,10,13-14,23H,1-5,7,9,11H2,(H2,21,22,24). The molecule has 0 spiro atoms. The Kier molecular flexibility index (Phi) is 4.17. The minimum absolute atomic E-state index is 0.0405. The van der Waals surface area contributed by atoms with E-state index in [9.17, 15) is 9.18 Å². The molecule has 2 amide bonds. The number of fused-ring (bicyclic) bond motifs is 3. The van der Waals surface area contributed by atoms with Crippen LogP contribution in [-0.4, -0.2) is 23.1 Å². The average molecular weight is 329 g/mol. The monoisotopic (exact) mass is 329 g/mol. The zero-order valence-electron chi connectivity index (χ0n) is 13.8. The molecule has 4 nitrogen and oxygen atoms in total. The normalized spacial score (nSPS) is 21.5. The fraction of sp³-hybridized carbons (Fsp3) is 0.526. The molecule has 128 valence electrons. The van der Waals surface area contributed by atoms with Crippen LogP contribution >= 0.6 is 0 Å². The van der Waals surface area contributed by atoms with Crippen LogP contribution in [0.2, 0.25) is 0 Å². The molecule has 24 heavy (non-hydrogen) atoms. The first kappa shape index (κ1) is 15.5. The molecular weight excluding hydrogens is 305 g/mol. The lowest BCUT2D eigenvalue weighted by molar-refractivity contribution is 0.227. The van der Waals surface area contributed by atoms with Crippen molar-refractivity contribution in [1.29, 1.82) is 0 Å². The molecule has 2 aliphatic rings. The van der Waals surface area contributed by atoms with Crippen LogP contribution in [0, 0.1) is 5.82 Å². The molecule has 1 unspecified atom stereocenters. The third-order valence-electron chi connectivity index (χ3n) is 5.43. The number of aryl methyl sites for hydroxylation is 1. The molecule has 2 aliphatic carbocycles. The van der Waals surface area contributed by atoms with Gasteiger partial charge in [-0.25, -0.2) is 9.18 Å². The molecule has 5 heteroatoms. The Balaban J connectivity index is 1.42. The minimum Gasteiger partial charge on any atom is -0.358 e. The summed E-state index contributed by atoms with van der Waals surface area (Å²) in [6, 6.07) is 5.32. The van der Waals surface area contributed by atoms with Crippen LogP contribution in [0.15, 0.2) is 18.2 Å². The van der Waals surface area contributed by atoms with Crippen molar-refractivity contribution >= 4 is 16.9 Å². The number of rotatable bonds is 2. The Labute approximate surface area is 141 Å². The SMILES string of the molecule is O=C(NC1CCCCC1)NC1CCc2[nH]c3cc(F)ccc3c2C1. The Bertz CT molecular complexity index is 748. The first-order chi connectivity index (χ1) is 11.7. The zero-order valence-corrected chi connectivity index (χ0v) is 13.8. The van der Waals surface area contributed by atoms with Crippen molar-refractivity contribution in [3.8, 4) is 0 Å². The summed E-state index contributed by atoms with van der Waals surface area (Å²) >= 11 is 0. The number of nitrogens with one attached hydrogen (secondary N) is 3. The molecule has 0 radical (unpaired) electrons. The molecule has 0 bridgehead atoms. The smallest absolute Gasteiger partial charge is 0.315 e. The molecule has 0 aliphatic heterocycles. The van der Waals surface area contributed by atoms with Crippen molar-refractivity contribution < 1.29 is 9.18 Å². The third kappa shape index (κ3) is 3.12. The minimum atomic E-state index is -0.220. The summed E-state index contributed by atoms with van der Waals surface area (Å²) in [6.07, 6.45) is 8.51. The van der Waals surface area contributed by atoms with Gasteiger partial charge in [0.2, 0.25) is 0 Å². The highest BCUT2D eigenvalue weighted by atomic mass is 19.1. The molecule has 3 N–H and O–H groups in total. The Morgan fingerprint density at radius 2 is 1.88 bits per heavy atom. The maximum Gasteiger partial charge on any atom is 0.315 e. The second-order valence-electron chi connectivity index (χ2n) is 7.16. The van der Waals surface area contributed by atoms with Gasteiger partial charge in [0.05, 0.1) is 0 Å². The summed E-state index contributed by atoms with van der Waals surface area (Å²) in [5, 5.41) is 7.33. The molecule has 2 aromatic rings. The maximum absolute atomic E-state index is 13.4. The van der Waals surface area contributed by atoms with Gasteiger partial charge in [0.25, 0.3) is 0 Å². The van der Waals surface area contributed by atoms with Crippen molar-refractivity contribution in [1.82, 2.24) is 15.6 Å². The predicted octanol–water partition coefficient (Wildman–Crippen LogP) is 3.80. The van der Waals surface area contributed by atoms with Crippen molar-refractivity contribution in [2.45, 2.75) is 63.5 Å². The lowest BCUT2D eigenvalue weighted by Crippen LogP contribution is -2.48. The van der Waals surface area contributed by atoms with E-state index in [-0.39, 0.29) is 17.9 Å². The quantitative estimate of drug-likeness (QED) is 0.771. The lowest BCUT2D eigenvalue weighted by atomic mass is 9.91. The van der Waals surface area contributed by atoms with Crippen molar-refractivity contribution in [2.24, 2.45) is 0 Å². The van der Waals surface area contributed by atoms with Crippen LogP contribution < -0.4 is 10.6 Å². The highest BCUT2D eigenvalue weighted by Gasteiger charge is 2.24. The summed E-state index contributed by atoms with van der Waals surface area (Å²) < 4.78 is 13.4. The van der Waals surface area contributed by atoms with Crippen LogP contribution in [0.25, 0.3) is 10.9 Å². The van der Waals surface area contributed by atoms with Gasteiger partial charge in [-0.3, -0.25) is 0 Å². The highest BCUT2D eigenvalue weighted by molar-refractivity contribution is 5.85. The van der Waals surface area contributed by atoms with E-state index in [4.69, 9.17) is 0 Å². The van der Waals surface area contributed by atoms with Crippen LogP contribution in [-0.2, 0) is 12.8 Å². The van der Waals surface area contributed by atoms with E-state index in [2.05, 4.69) is 15.6 Å². The van der Waals surface area contributed by atoms with Crippen molar-refractivity contribution in [3.63, 3.8) is 0 Å². The first-order valence-electron chi connectivity index (χ1n) is 9.05. The van der Waals surface area contributed by atoms with Gasteiger partial charge in [-0.15, -0.1) is 0 Å². The number of hydrogen-bond donors (Lipinski definition) is 3. The molecule has 1 aromatic heterocycles. The molecule has 1 fully saturated rings. The molecule has 0 saturated heterocycles. The first-order valence-corrected chi connectivity index (χ1v) is 9.05. The van der Waals surface area contributed by atoms with Gasteiger partial charge in [0.1, 0.15) is 5.82 Å². The number of carbonyl (C=O) groups excluding carboxylic acids is 1. The van der Waals surface area contributed by atoms with Crippen LogP contribution in [0.5, 0.6) is 0 Å². The number of amides is 2. The number of H-pyrrole nitrogens is 1. The second kappa shape index (κ2) is 6.46. The lowest BCUT2D eigenvalue weighted by Gasteiger charge is -2.27. The van der Waals surface area contributed by atoms with Crippen LogP contribution in [0.3, 0.4) is 0 Å². The van der Waals surface area contributed by atoms with Gasteiger partial charge in [-0.05, 0) is 55.9 Å². The van der Waals surface area contributed by atoms with E-state index in [1.807, 2.05) is 6.07 Å². The molecule has 1 aromatic carbocycles. The average Bonchev–Trinajstić information content (AvgIpc) is 2.92. The van der Waals surface area contributed by atoms with E-state index in [1.165, 1.54) is 36.6 Å². The van der Waals surface area contributed by atoms with Gasteiger partial charge in [0, 0.05) is 28.7 Å². The Hall–Kier alpha value is -2.04. The molecular formula is C19H24FN3O. The summed E-state index contributed by atoms with van der Waals surface area (Å²) in [4.78, 5) is 15.6. The summed E-state index contributed by atoms with van der Waals surface area (Å²) in [6.45, 7) is 0. The van der Waals surface area contributed by atoms with E-state index in [0.717, 1.165) is 43.0 Å². The fourth-order valence-corrected chi connectivity index (χ4v) is 4.18. The largest absolute Gasteiger partial charge is 0.358 e. The van der Waals surface area contributed by atoms with Gasteiger partial charge in [0.15, 0.2) is 0 Å². The van der Waals surface area contributed by atoms with Gasteiger partial charge in [-0.1, -0.05) is 19.3 Å². The topological polar surface area (TPSA) is 56.9 Å². The number of benzene rings is 1. The Morgan fingerprint density at radius 1 is 1.08 bits per heavy atom. The molecule has 1 saturated carbocycles. The van der Waals surface area contributed by atoms with E-state index >= 15 is 0 Å². The van der Waals surface area contributed by atoms with E-state index < -0.39 is 0 Å². The van der Waals surface area contributed by atoms with E-state index in [0.29, 0.717) is 6.04 Å². The van der Waals surface area contributed by atoms with Gasteiger partial charge in [-0.2, -0.15) is 0 Å².